The molecule has 36 heavy (non-hydrogen) atoms. The van der Waals surface area contributed by atoms with Crippen LogP contribution in [-0.2, 0) is 6.18 Å². The lowest BCUT2D eigenvalue weighted by molar-refractivity contribution is -0.140. The molecular formula is C29H41F5O2. The highest BCUT2D eigenvalue weighted by Gasteiger charge is 2.41. The van der Waals surface area contributed by atoms with Crippen molar-refractivity contribution in [2.24, 2.45) is 23.7 Å². The highest BCUT2D eigenvalue weighted by molar-refractivity contribution is 5.98. The van der Waals surface area contributed by atoms with Crippen LogP contribution in [0.1, 0.15) is 125 Å². The van der Waals surface area contributed by atoms with Crippen molar-refractivity contribution in [3.63, 3.8) is 0 Å². The molecule has 1 aromatic carbocycles. The SMILES string of the molecule is CCCC1CCC(C2CCC(CCCC(=O)c3ccc(OCC)c(C(F)(F)F)c3C(F)F)CC2)CC1. The Morgan fingerprint density at radius 2 is 1.47 bits per heavy atom. The topological polar surface area (TPSA) is 26.3 Å². The normalized spacial score (nSPS) is 25.2. The molecule has 0 atom stereocenters. The highest BCUT2D eigenvalue weighted by Crippen LogP contribution is 2.45. The monoisotopic (exact) mass is 516 g/mol. The maximum atomic E-state index is 13.8. The van der Waals surface area contributed by atoms with Gasteiger partial charge in [-0.2, -0.15) is 13.2 Å². The average Bonchev–Trinajstić information content (AvgIpc) is 2.84. The fourth-order valence-corrected chi connectivity index (χ4v) is 6.63. The van der Waals surface area contributed by atoms with Gasteiger partial charge in [-0.05, 0) is 74.8 Å². The molecule has 2 aliphatic carbocycles. The molecule has 0 unspecified atom stereocenters. The van der Waals surface area contributed by atoms with E-state index in [1.165, 1.54) is 58.3 Å². The summed E-state index contributed by atoms with van der Waals surface area (Å²) in [7, 11) is 0. The largest absolute Gasteiger partial charge is 0.493 e. The lowest BCUT2D eigenvalue weighted by Crippen LogP contribution is -2.26. The maximum Gasteiger partial charge on any atom is 0.420 e. The lowest BCUT2D eigenvalue weighted by atomic mass is 9.68. The molecule has 0 saturated heterocycles. The van der Waals surface area contributed by atoms with Gasteiger partial charge in [0, 0.05) is 17.5 Å². The third-order valence-corrected chi connectivity index (χ3v) is 8.47. The molecule has 204 valence electrons. The molecule has 2 nitrogen and oxygen atoms in total. The number of carbonyl (C=O) groups excluding carboxylic acids is 1. The predicted molar refractivity (Wildman–Crippen MR) is 132 cm³/mol. The predicted octanol–water partition coefficient (Wildman–Crippen LogP) is 9.81. The van der Waals surface area contributed by atoms with E-state index in [9.17, 15) is 26.7 Å². The number of Topliss-reactive ketones (excluding diaryl/α,β-unsaturated/α-hetero) is 1. The fourth-order valence-electron chi connectivity index (χ4n) is 6.63. The maximum absolute atomic E-state index is 13.8. The first-order valence-electron chi connectivity index (χ1n) is 13.8. The van der Waals surface area contributed by atoms with Crippen molar-refractivity contribution >= 4 is 5.78 Å². The first kappa shape index (κ1) is 28.9. The minimum absolute atomic E-state index is 0.0215. The lowest BCUT2D eigenvalue weighted by Gasteiger charge is -2.38. The number of benzene rings is 1. The fraction of sp³-hybridized carbons (Fsp3) is 0.759. The highest BCUT2D eigenvalue weighted by atomic mass is 19.4. The standard InChI is InChI=1S/C29H41F5O2/c1-3-6-19-9-13-21(14-10-19)22-15-11-20(12-16-22)7-5-8-24(35)23-17-18-25(36-4-2)27(29(32,33)34)26(23)28(30)31/h17-22,28H,3-16H2,1-2H3. The van der Waals surface area contributed by atoms with E-state index < -0.39 is 40.8 Å². The summed E-state index contributed by atoms with van der Waals surface area (Å²) in [5.74, 6) is 1.74. The van der Waals surface area contributed by atoms with Crippen LogP contribution in [-0.4, -0.2) is 12.4 Å². The van der Waals surface area contributed by atoms with Crippen molar-refractivity contribution in [2.45, 2.75) is 110 Å². The van der Waals surface area contributed by atoms with Crippen LogP contribution in [0.25, 0.3) is 0 Å². The number of hydrogen-bond acceptors (Lipinski definition) is 2. The Morgan fingerprint density at radius 1 is 0.917 bits per heavy atom. The summed E-state index contributed by atoms with van der Waals surface area (Å²) in [6.07, 6.45) is 5.56. The average molecular weight is 517 g/mol. The summed E-state index contributed by atoms with van der Waals surface area (Å²) in [5.41, 5.74) is -3.33. The van der Waals surface area contributed by atoms with Crippen LogP contribution in [0.4, 0.5) is 22.0 Å². The second-order valence-electron chi connectivity index (χ2n) is 10.8. The van der Waals surface area contributed by atoms with Gasteiger partial charge >= 0.3 is 6.18 Å². The van der Waals surface area contributed by atoms with Crippen LogP contribution in [0.15, 0.2) is 12.1 Å². The molecule has 1 aromatic rings. The number of ketones is 1. The minimum atomic E-state index is -5.04. The Hall–Kier alpha value is -1.66. The van der Waals surface area contributed by atoms with Gasteiger partial charge in [0.1, 0.15) is 11.3 Å². The second kappa shape index (κ2) is 13.2. The van der Waals surface area contributed by atoms with Crippen molar-refractivity contribution in [1.29, 1.82) is 0 Å². The molecular weight excluding hydrogens is 475 g/mol. The van der Waals surface area contributed by atoms with E-state index in [-0.39, 0.29) is 13.0 Å². The number of hydrogen-bond donors (Lipinski definition) is 0. The van der Waals surface area contributed by atoms with Crippen LogP contribution < -0.4 is 4.74 Å². The Kier molecular flexibility index (Phi) is 10.6. The molecule has 0 amide bonds. The van der Waals surface area contributed by atoms with Gasteiger partial charge < -0.3 is 4.74 Å². The summed E-state index contributed by atoms with van der Waals surface area (Å²) in [6, 6.07) is 2.05. The smallest absolute Gasteiger partial charge is 0.420 e. The van der Waals surface area contributed by atoms with Gasteiger partial charge in [0.2, 0.25) is 0 Å². The van der Waals surface area contributed by atoms with Gasteiger partial charge in [0.25, 0.3) is 6.43 Å². The zero-order valence-electron chi connectivity index (χ0n) is 21.6. The molecule has 2 fully saturated rings. The van der Waals surface area contributed by atoms with Crippen LogP contribution in [0.3, 0.4) is 0 Å². The molecule has 3 rings (SSSR count). The second-order valence-corrected chi connectivity index (χ2v) is 10.8. The zero-order valence-corrected chi connectivity index (χ0v) is 21.6. The molecule has 0 aromatic heterocycles. The first-order chi connectivity index (χ1) is 17.2. The number of carbonyl (C=O) groups is 1. The van der Waals surface area contributed by atoms with Gasteiger partial charge in [0.05, 0.1) is 6.61 Å². The summed E-state index contributed by atoms with van der Waals surface area (Å²) in [4.78, 5) is 12.8. The molecule has 2 saturated carbocycles. The molecule has 0 bridgehead atoms. The van der Waals surface area contributed by atoms with Crippen LogP contribution in [0, 0.1) is 23.7 Å². The molecule has 0 N–H and O–H groups in total. The first-order valence-corrected chi connectivity index (χ1v) is 13.8. The van der Waals surface area contributed by atoms with Crippen molar-refractivity contribution in [3.05, 3.63) is 28.8 Å². The van der Waals surface area contributed by atoms with Gasteiger partial charge in [-0.3, -0.25) is 4.79 Å². The number of alkyl halides is 5. The molecule has 0 radical (unpaired) electrons. The van der Waals surface area contributed by atoms with Gasteiger partial charge in [-0.25, -0.2) is 8.78 Å². The molecule has 0 aliphatic heterocycles. The van der Waals surface area contributed by atoms with E-state index in [0.29, 0.717) is 12.3 Å². The van der Waals surface area contributed by atoms with E-state index in [4.69, 9.17) is 4.74 Å². The van der Waals surface area contributed by atoms with Crippen molar-refractivity contribution < 1.29 is 31.5 Å². The van der Waals surface area contributed by atoms with Crippen LogP contribution >= 0.6 is 0 Å². The van der Waals surface area contributed by atoms with E-state index in [1.807, 2.05) is 0 Å². The Bertz CT molecular complexity index is 835. The summed E-state index contributed by atoms with van der Waals surface area (Å²) < 4.78 is 73.3. The van der Waals surface area contributed by atoms with Crippen molar-refractivity contribution in [3.8, 4) is 5.75 Å². The number of halogens is 5. The van der Waals surface area contributed by atoms with Crippen molar-refractivity contribution in [1.82, 2.24) is 0 Å². The number of ether oxygens (including phenoxy) is 1. The summed E-state index contributed by atoms with van der Waals surface area (Å²) in [5, 5.41) is 0. The molecule has 0 heterocycles. The summed E-state index contributed by atoms with van der Waals surface area (Å²) in [6.45, 7) is 3.64. The Morgan fingerprint density at radius 3 is 1.94 bits per heavy atom. The van der Waals surface area contributed by atoms with Crippen molar-refractivity contribution in [2.75, 3.05) is 6.61 Å². The van der Waals surface area contributed by atoms with Crippen LogP contribution in [0.2, 0.25) is 0 Å². The van der Waals surface area contributed by atoms with E-state index in [2.05, 4.69) is 6.92 Å². The summed E-state index contributed by atoms with van der Waals surface area (Å²) >= 11 is 0. The van der Waals surface area contributed by atoms with Gasteiger partial charge in [-0.1, -0.05) is 51.9 Å². The molecule has 0 spiro atoms. The quantitative estimate of drug-likeness (QED) is 0.216. The molecule has 2 aliphatic rings. The van der Waals surface area contributed by atoms with E-state index >= 15 is 0 Å². The number of rotatable bonds is 11. The van der Waals surface area contributed by atoms with Gasteiger partial charge in [0.15, 0.2) is 5.78 Å². The Labute approximate surface area is 212 Å². The minimum Gasteiger partial charge on any atom is -0.493 e. The van der Waals surface area contributed by atoms with Gasteiger partial charge in [-0.15, -0.1) is 0 Å². The third-order valence-electron chi connectivity index (χ3n) is 8.47. The van der Waals surface area contributed by atoms with E-state index in [0.717, 1.165) is 49.1 Å². The van der Waals surface area contributed by atoms with Crippen LogP contribution in [0.5, 0.6) is 5.75 Å². The Balaban J connectivity index is 1.52. The third kappa shape index (κ3) is 7.44. The molecule has 7 heteroatoms. The van der Waals surface area contributed by atoms with E-state index in [1.54, 1.807) is 0 Å². The zero-order chi connectivity index (χ0) is 26.3.